The first-order valence-electron chi connectivity index (χ1n) is 6.28. The standard InChI is InChI=1S/C12H20N2O4S2/c1-10(9-15)13-11(16)5-3-7-14(2)20(17,18)12-6-4-8-19-12/h4,6,8,10,15H,3,5,7,9H2,1-2H3,(H,13,16). The number of sulfonamides is 1. The third-order valence-electron chi connectivity index (χ3n) is 2.72. The van der Waals surface area contributed by atoms with E-state index in [2.05, 4.69) is 5.32 Å². The van der Waals surface area contributed by atoms with Gasteiger partial charge >= 0.3 is 0 Å². The molecule has 0 saturated heterocycles. The molecule has 0 radical (unpaired) electrons. The molecule has 0 fully saturated rings. The van der Waals surface area contributed by atoms with E-state index in [1.807, 2.05) is 0 Å². The summed E-state index contributed by atoms with van der Waals surface area (Å²) >= 11 is 1.17. The quantitative estimate of drug-likeness (QED) is 0.736. The van der Waals surface area contributed by atoms with Crippen molar-refractivity contribution in [1.29, 1.82) is 0 Å². The first kappa shape index (κ1) is 17.1. The van der Waals surface area contributed by atoms with Gasteiger partial charge < -0.3 is 10.4 Å². The number of nitrogens with zero attached hydrogens (tertiary/aromatic N) is 1. The second-order valence-corrected chi connectivity index (χ2v) is 7.73. The number of nitrogens with one attached hydrogen (secondary N) is 1. The summed E-state index contributed by atoms with van der Waals surface area (Å²) in [7, 11) is -1.94. The number of rotatable bonds is 8. The number of amides is 1. The van der Waals surface area contributed by atoms with Crippen LogP contribution in [-0.2, 0) is 14.8 Å². The van der Waals surface area contributed by atoms with Crippen LogP contribution >= 0.6 is 11.3 Å². The second-order valence-electron chi connectivity index (χ2n) is 4.51. The monoisotopic (exact) mass is 320 g/mol. The molecule has 1 amide bonds. The predicted octanol–water partition coefficient (Wildman–Crippen LogP) is 0.646. The molecule has 1 rings (SSSR count). The molecule has 2 N–H and O–H groups in total. The van der Waals surface area contributed by atoms with E-state index in [-0.39, 0.29) is 31.5 Å². The molecule has 1 aromatic heterocycles. The van der Waals surface area contributed by atoms with Gasteiger partial charge in [0.15, 0.2) is 0 Å². The fourth-order valence-corrected chi connectivity index (χ4v) is 3.95. The van der Waals surface area contributed by atoms with Gasteiger partial charge in [0.1, 0.15) is 4.21 Å². The average Bonchev–Trinajstić information content (AvgIpc) is 2.92. The van der Waals surface area contributed by atoms with E-state index in [9.17, 15) is 13.2 Å². The number of aliphatic hydroxyl groups is 1. The van der Waals surface area contributed by atoms with Crippen molar-refractivity contribution < 1.29 is 18.3 Å². The number of hydrogen-bond donors (Lipinski definition) is 2. The van der Waals surface area contributed by atoms with E-state index in [1.165, 1.54) is 22.7 Å². The molecule has 1 atom stereocenters. The van der Waals surface area contributed by atoms with Crippen LogP contribution in [0.25, 0.3) is 0 Å². The van der Waals surface area contributed by atoms with Crippen molar-refractivity contribution in [3.63, 3.8) is 0 Å². The van der Waals surface area contributed by atoms with Crippen molar-refractivity contribution in [1.82, 2.24) is 9.62 Å². The second kappa shape index (κ2) is 7.72. The number of hydrogen-bond acceptors (Lipinski definition) is 5. The topological polar surface area (TPSA) is 86.7 Å². The first-order valence-corrected chi connectivity index (χ1v) is 8.60. The molecule has 20 heavy (non-hydrogen) atoms. The smallest absolute Gasteiger partial charge is 0.252 e. The fourth-order valence-electron chi connectivity index (χ4n) is 1.54. The number of thiophene rings is 1. The number of carbonyl (C=O) groups excluding carboxylic acids is 1. The summed E-state index contributed by atoms with van der Waals surface area (Å²) in [6.45, 7) is 1.87. The minimum atomic E-state index is -3.44. The Morgan fingerprint density at radius 3 is 2.80 bits per heavy atom. The van der Waals surface area contributed by atoms with Gasteiger partial charge in [0.2, 0.25) is 5.91 Å². The average molecular weight is 320 g/mol. The van der Waals surface area contributed by atoms with Crippen LogP contribution in [0.2, 0.25) is 0 Å². The highest BCUT2D eigenvalue weighted by atomic mass is 32.2. The Labute approximate surface area is 123 Å². The SMILES string of the molecule is CC(CO)NC(=O)CCCN(C)S(=O)(=O)c1cccs1. The van der Waals surface area contributed by atoms with E-state index < -0.39 is 10.0 Å². The van der Waals surface area contributed by atoms with Crippen LogP contribution in [0.5, 0.6) is 0 Å². The number of carbonyl (C=O) groups is 1. The predicted molar refractivity (Wildman–Crippen MR) is 78.1 cm³/mol. The normalized spacial score (nSPS) is 13.4. The van der Waals surface area contributed by atoms with Gasteiger partial charge in [-0.25, -0.2) is 12.7 Å². The Bertz CT molecular complexity index is 514. The molecular weight excluding hydrogens is 300 g/mol. The molecule has 1 aromatic rings. The Kier molecular flexibility index (Phi) is 6.60. The fraction of sp³-hybridized carbons (Fsp3) is 0.583. The zero-order valence-electron chi connectivity index (χ0n) is 11.6. The molecule has 0 aliphatic carbocycles. The zero-order valence-corrected chi connectivity index (χ0v) is 13.2. The highest BCUT2D eigenvalue weighted by Gasteiger charge is 2.21. The lowest BCUT2D eigenvalue weighted by molar-refractivity contribution is -0.122. The molecule has 114 valence electrons. The van der Waals surface area contributed by atoms with Crippen molar-refractivity contribution >= 4 is 27.3 Å². The Hall–Kier alpha value is -0.960. The molecule has 0 aliphatic heterocycles. The van der Waals surface area contributed by atoms with E-state index in [4.69, 9.17) is 5.11 Å². The Balaban J connectivity index is 2.41. The van der Waals surface area contributed by atoms with Gasteiger partial charge in [-0.15, -0.1) is 11.3 Å². The summed E-state index contributed by atoms with van der Waals surface area (Å²) < 4.78 is 25.7. The van der Waals surface area contributed by atoms with E-state index in [0.29, 0.717) is 10.6 Å². The minimum Gasteiger partial charge on any atom is -0.394 e. The van der Waals surface area contributed by atoms with Gasteiger partial charge in [-0.1, -0.05) is 6.07 Å². The van der Waals surface area contributed by atoms with Gasteiger partial charge in [0.05, 0.1) is 6.61 Å². The van der Waals surface area contributed by atoms with Crippen LogP contribution in [0.4, 0.5) is 0 Å². The lowest BCUT2D eigenvalue weighted by Gasteiger charge is -2.16. The summed E-state index contributed by atoms with van der Waals surface area (Å²) in [5.74, 6) is -0.187. The zero-order chi connectivity index (χ0) is 15.2. The van der Waals surface area contributed by atoms with Crippen molar-refractivity contribution in [2.24, 2.45) is 0 Å². The largest absolute Gasteiger partial charge is 0.394 e. The third kappa shape index (κ3) is 4.86. The van der Waals surface area contributed by atoms with Crippen molar-refractivity contribution in [3.05, 3.63) is 17.5 Å². The van der Waals surface area contributed by atoms with Crippen molar-refractivity contribution in [2.75, 3.05) is 20.2 Å². The first-order chi connectivity index (χ1) is 9.37. The summed E-state index contributed by atoms with van der Waals surface area (Å²) in [5.41, 5.74) is 0. The highest BCUT2D eigenvalue weighted by molar-refractivity contribution is 7.91. The van der Waals surface area contributed by atoms with Crippen LogP contribution in [0.15, 0.2) is 21.7 Å². The van der Waals surface area contributed by atoms with E-state index in [0.717, 1.165) is 0 Å². The molecule has 6 nitrogen and oxygen atoms in total. The van der Waals surface area contributed by atoms with Crippen LogP contribution in [0.1, 0.15) is 19.8 Å². The van der Waals surface area contributed by atoms with Crippen LogP contribution < -0.4 is 5.32 Å². The molecule has 0 bridgehead atoms. The van der Waals surface area contributed by atoms with Gasteiger partial charge in [-0.05, 0) is 24.8 Å². The highest BCUT2D eigenvalue weighted by Crippen LogP contribution is 2.19. The van der Waals surface area contributed by atoms with Crippen LogP contribution in [0.3, 0.4) is 0 Å². The Morgan fingerprint density at radius 2 is 2.25 bits per heavy atom. The summed E-state index contributed by atoms with van der Waals surface area (Å²) in [6.07, 6.45) is 0.666. The Morgan fingerprint density at radius 1 is 1.55 bits per heavy atom. The number of aliphatic hydroxyl groups excluding tert-OH is 1. The van der Waals surface area contributed by atoms with E-state index >= 15 is 0 Å². The van der Waals surface area contributed by atoms with Gasteiger partial charge in [-0.3, -0.25) is 4.79 Å². The maximum absolute atomic E-state index is 12.1. The molecular formula is C12H20N2O4S2. The third-order valence-corrected chi connectivity index (χ3v) is 5.95. The van der Waals surface area contributed by atoms with Gasteiger partial charge in [-0.2, -0.15) is 0 Å². The lowest BCUT2D eigenvalue weighted by Crippen LogP contribution is -2.35. The molecule has 8 heteroatoms. The summed E-state index contributed by atoms with van der Waals surface area (Å²) in [5, 5.41) is 13.1. The maximum atomic E-state index is 12.1. The molecule has 0 spiro atoms. The molecule has 0 aromatic carbocycles. The summed E-state index contributed by atoms with van der Waals surface area (Å²) in [6, 6.07) is 2.97. The van der Waals surface area contributed by atoms with E-state index in [1.54, 1.807) is 24.4 Å². The minimum absolute atomic E-state index is 0.113. The maximum Gasteiger partial charge on any atom is 0.252 e. The van der Waals surface area contributed by atoms with Crippen LogP contribution in [0, 0.1) is 0 Å². The molecule has 0 aliphatic rings. The molecule has 1 unspecified atom stereocenters. The molecule has 1 heterocycles. The van der Waals surface area contributed by atoms with Gasteiger partial charge in [0, 0.05) is 26.1 Å². The van der Waals surface area contributed by atoms with Crippen LogP contribution in [-0.4, -0.2) is 50.0 Å². The van der Waals surface area contributed by atoms with Crippen molar-refractivity contribution in [2.45, 2.75) is 30.0 Å². The summed E-state index contributed by atoms with van der Waals surface area (Å²) in [4.78, 5) is 11.5. The van der Waals surface area contributed by atoms with Gasteiger partial charge in [0.25, 0.3) is 10.0 Å². The molecule has 0 saturated carbocycles. The van der Waals surface area contributed by atoms with Crippen molar-refractivity contribution in [3.8, 4) is 0 Å². The lowest BCUT2D eigenvalue weighted by atomic mass is 10.2.